The zero-order chi connectivity index (χ0) is 15.8. The van der Waals surface area contributed by atoms with Gasteiger partial charge in [0.05, 0.1) is 12.6 Å². The molecule has 116 valence electrons. The molecule has 0 atom stereocenters. The highest BCUT2D eigenvalue weighted by Crippen LogP contribution is 2.32. The maximum atomic E-state index is 13.6. The Hall–Kier alpha value is -2.69. The fraction of sp³-hybridized carbons (Fsp3) is 0.222. The molecule has 23 heavy (non-hydrogen) atoms. The number of benzene rings is 2. The van der Waals surface area contributed by atoms with E-state index in [1.54, 1.807) is 13.2 Å². The summed E-state index contributed by atoms with van der Waals surface area (Å²) in [4.78, 5) is 10.8. The zero-order valence-electron chi connectivity index (χ0n) is 12.8. The van der Waals surface area contributed by atoms with Crippen LogP contribution in [0.5, 0.6) is 5.75 Å². The lowest BCUT2D eigenvalue weighted by Crippen LogP contribution is -2.31. The average Bonchev–Trinajstić information content (AvgIpc) is 2.60. The molecule has 4 nitrogen and oxygen atoms in total. The SMILES string of the molecule is COc1cccc2c1CCN(c1ncnc3ccc(F)cc13)C2. The van der Waals surface area contributed by atoms with Gasteiger partial charge in [0.25, 0.3) is 0 Å². The summed E-state index contributed by atoms with van der Waals surface area (Å²) in [7, 11) is 1.70. The van der Waals surface area contributed by atoms with Crippen LogP contribution < -0.4 is 9.64 Å². The molecule has 0 saturated carbocycles. The summed E-state index contributed by atoms with van der Waals surface area (Å²) >= 11 is 0. The van der Waals surface area contributed by atoms with Crippen molar-refractivity contribution in [3.05, 3.63) is 59.7 Å². The van der Waals surface area contributed by atoms with Crippen molar-refractivity contribution >= 4 is 16.7 Å². The van der Waals surface area contributed by atoms with Crippen molar-refractivity contribution in [3.63, 3.8) is 0 Å². The van der Waals surface area contributed by atoms with Gasteiger partial charge >= 0.3 is 0 Å². The van der Waals surface area contributed by atoms with Crippen LogP contribution in [-0.2, 0) is 13.0 Å². The van der Waals surface area contributed by atoms with Crippen LogP contribution >= 0.6 is 0 Å². The number of hydrogen-bond donors (Lipinski definition) is 0. The molecular formula is C18H16FN3O. The van der Waals surface area contributed by atoms with Gasteiger partial charge in [-0.05, 0) is 36.2 Å². The van der Waals surface area contributed by atoms with Crippen LogP contribution in [-0.4, -0.2) is 23.6 Å². The molecule has 0 bridgehead atoms. The van der Waals surface area contributed by atoms with Crippen LogP contribution in [0.25, 0.3) is 10.9 Å². The predicted octanol–water partition coefficient (Wildman–Crippen LogP) is 3.34. The molecule has 0 spiro atoms. The molecule has 1 aliphatic heterocycles. The second-order valence-corrected chi connectivity index (χ2v) is 5.63. The van der Waals surface area contributed by atoms with Crippen molar-refractivity contribution < 1.29 is 9.13 Å². The van der Waals surface area contributed by atoms with Crippen LogP contribution in [0.2, 0.25) is 0 Å². The molecule has 5 heteroatoms. The molecule has 0 saturated heterocycles. The fourth-order valence-electron chi connectivity index (χ4n) is 3.21. The number of fused-ring (bicyclic) bond motifs is 2. The van der Waals surface area contributed by atoms with E-state index < -0.39 is 0 Å². The van der Waals surface area contributed by atoms with E-state index in [4.69, 9.17) is 4.74 Å². The normalized spacial score (nSPS) is 13.9. The third kappa shape index (κ3) is 2.38. The molecule has 0 N–H and O–H groups in total. The van der Waals surface area contributed by atoms with Crippen LogP contribution in [0.1, 0.15) is 11.1 Å². The number of nitrogens with zero attached hydrogens (tertiary/aromatic N) is 3. The smallest absolute Gasteiger partial charge is 0.140 e. The quantitative estimate of drug-likeness (QED) is 0.728. The van der Waals surface area contributed by atoms with Crippen molar-refractivity contribution in [2.75, 3.05) is 18.6 Å². The van der Waals surface area contributed by atoms with Gasteiger partial charge in [0.2, 0.25) is 0 Å². The Morgan fingerprint density at radius 3 is 2.96 bits per heavy atom. The summed E-state index contributed by atoms with van der Waals surface area (Å²) in [5.41, 5.74) is 3.22. The van der Waals surface area contributed by atoms with E-state index in [9.17, 15) is 4.39 Å². The molecule has 0 unspecified atom stereocenters. The lowest BCUT2D eigenvalue weighted by Gasteiger charge is -2.31. The standard InChI is InChI=1S/C18H16FN3O/c1-23-17-4-2-3-12-10-22(8-7-14(12)17)18-15-9-13(19)5-6-16(15)20-11-21-18/h2-6,9,11H,7-8,10H2,1H3. The van der Waals surface area contributed by atoms with Crippen molar-refractivity contribution in [2.24, 2.45) is 0 Å². The Morgan fingerprint density at radius 1 is 1.17 bits per heavy atom. The van der Waals surface area contributed by atoms with Crippen LogP contribution in [0.3, 0.4) is 0 Å². The first kappa shape index (κ1) is 13.9. The minimum atomic E-state index is -0.271. The lowest BCUT2D eigenvalue weighted by atomic mass is 9.98. The predicted molar refractivity (Wildman–Crippen MR) is 87.2 cm³/mol. The van der Waals surface area contributed by atoms with E-state index in [1.165, 1.54) is 29.6 Å². The first-order valence-corrected chi connectivity index (χ1v) is 7.56. The maximum Gasteiger partial charge on any atom is 0.140 e. The first-order chi connectivity index (χ1) is 11.3. The highest BCUT2D eigenvalue weighted by molar-refractivity contribution is 5.89. The third-order valence-electron chi connectivity index (χ3n) is 4.32. The molecule has 2 aromatic carbocycles. The van der Waals surface area contributed by atoms with Gasteiger partial charge < -0.3 is 9.64 Å². The van der Waals surface area contributed by atoms with Gasteiger partial charge in [0, 0.05) is 24.0 Å². The number of rotatable bonds is 2. The summed E-state index contributed by atoms with van der Waals surface area (Å²) in [5, 5.41) is 0.749. The van der Waals surface area contributed by atoms with Gasteiger partial charge in [-0.3, -0.25) is 0 Å². The summed E-state index contributed by atoms with van der Waals surface area (Å²) < 4.78 is 19.1. The van der Waals surface area contributed by atoms with Gasteiger partial charge in [0.1, 0.15) is 23.7 Å². The fourth-order valence-corrected chi connectivity index (χ4v) is 3.21. The van der Waals surface area contributed by atoms with E-state index in [-0.39, 0.29) is 5.82 Å². The van der Waals surface area contributed by atoms with Crippen LogP contribution in [0, 0.1) is 5.82 Å². The molecular weight excluding hydrogens is 293 g/mol. The topological polar surface area (TPSA) is 38.2 Å². The molecule has 0 aliphatic carbocycles. The Balaban J connectivity index is 1.77. The van der Waals surface area contributed by atoms with Gasteiger partial charge in [0.15, 0.2) is 0 Å². The second-order valence-electron chi connectivity index (χ2n) is 5.63. The minimum absolute atomic E-state index is 0.271. The molecule has 0 amide bonds. The Bertz CT molecular complexity index is 881. The van der Waals surface area contributed by atoms with Crippen LogP contribution in [0.4, 0.5) is 10.2 Å². The third-order valence-corrected chi connectivity index (χ3v) is 4.32. The zero-order valence-corrected chi connectivity index (χ0v) is 12.8. The highest BCUT2D eigenvalue weighted by atomic mass is 19.1. The van der Waals surface area contributed by atoms with Gasteiger partial charge in [-0.2, -0.15) is 0 Å². The Morgan fingerprint density at radius 2 is 2.09 bits per heavy atom. The van der Waals surface area contributed by atoms with E-state index >= 15 is 0 Å². The van der Waals surface area contributed by atoms with Crippen molar-refractivity contribution in [1.82, 2.24) is 9.97 Å². The average molecular weight is 309 g/mol. The molecule has 3 aromatic rings. The lowest BCUT2D eigenvalue weighted by molar-refractivity contribution is 0.407. The molecule has 4 rings (SSSR count). The summed E-state index contributed by atoms with van der Waals surface area (Å²) in [6, 6.07) is 10.7. The monoisotopic (exact) mass is 309 g/mol. The van der Waals surface area contributed by atoms with E-state index in [0.29, 0.717) is 0 Å². The Kier molecular flexibility index (Phi) is 3.33. The Labute approximate surface area is 133 Å². The molecule has 1 aliphatic rings. The largest absolute Gasteiger partial charge is 0.496 e. The van der Waals surface area contributed by atoms with Crippen molar-refractivity contribution in [1.29, 1.82) is 0 Å². The summed E-state index contributed by atoms with van der Waals surface area (Å²) in [6.07, 6.45) is 2.41. The maximum absolute atomic E-state index is 13.6. The molecule has 2 heterocycles. The highest BCUT2D eigenvalue weighted by Gasteiger charge is 2.21. The number of anilines is 1. The number of hydrogen-bond acceptors (Lipinski definition) is 4. The van der Waals surface area contributed by atoms with Crippen molar-refractivity contribution in [2.45, 2.75) is 13.0 Å². The minimum Gasteiger partial charge on any atom is -0.496 e. The summed E-state index contributed by atoms with van der Waals surface area (Å²) in [6.45, 7) is 1.55. The number of ether oxygens (including phenoxy) is 1. The number of aromatic nitrogens is 2. The molecule has 0 fully saturated rings. The first-order valence-electron chi connectivity index (χ1n) is 7.56. The number of halogens is 1. The van der Waals surface area contributed by atoms with E-state index in [2.05, 4.69) is 20.9 Å². The van der Waals surface area contributed by atoms with E-state index in [0.717, 1.165) is 42.0 Å². The van der Waals surface area contributed by atoms with Gasteiger partial charge in [-0.25, -0.2) is 14.4 Å². The van der Waals surface area contributed by atoms with Gasteiger partial charge in [-0.15, -0.1) is 0 Å². The van der Waals surface area contributed by atoms with E-state index in [1.807, 2.05) is 12.1 Å². The van der Waals surface area contributed by atoms with Crippen molar-refractivity contribution in [3.8, 4) is 5.75 Å². The number of methoxy groups -OCH3 is 1. The second kappa shape index (κ2) is 5.50. The van der Waals surface area contributed by atoms with Gasteiger partial charge in [-0.1, -0.05) is 12.1 Å². The molecule has 1 aromatic heterocycles. The molecule has 0 radical (unpaired) electrons. The summed E-state index contributed by atoms with van der Waals surface area (Å²) in [5.74, 6) is 1.44. The van der Waals surface area contributed by atoms with Crippen LogP contribution in [0.15, 0.2) is 42.7 Å².